The Bertz CT molecular complexity index is 457. The SMILES string of the molecule is CNC(=O)c1cnc2s[c-]nc2c1.[K+]. The maximum absolute atomic E-state index is 11.2. The molecule has 2 aromatic heterocycles. The zero-order valence-corrected chi connectivity index (χ0v) is 11.8. The zero-order chi connectivity index (χ0) is 9.26. The summed E-state index contributed by atoms with van der Waals surface area (Å²) in [5, 5.41) is 2.52. The molecule has 66 valence electrons. The van der Waals surface area contributed by atoms with E-state index in [1.165, 1.54) is 17.5 Å². The third kappa shape index (κ3) is 2.39. The van der Waals surface area contributed by atoms with Crippen LogP contribution in [0.1, 0.15) is 10.4 Å². The Hall–Kier alpha value is 0.146. The van der Waals surface area contributed by atoms with Crippen molar-refractivity contribution in [3.8, 4) is 0 Å². The first-order valence-corrected chi connectivity index (χ1v) is 4.47. The van der Waals surface area contributed by atoms with Crippen LogP contribution in [0.25, 0.3) is 10.3 Å². The number of amides is 1. The first-order chi connectivity index (χ1) is 6.31. The fraction of sp³-hybridized carbons (Fsp3) is 0.125. The molecule has 1 N–H and O–H groups in total. The molecule has 0 atom stereocenters. The van der Waals surface area contributed by atoms with Gasteiger partial charge in [0.05, 0.1) is 0 Å². The van der Waals surface area contributed by atoms with E-state index in [4.69, 9.17) is 0 Å². The second-order valence-corrected chi connectivity index (χ2v) is 3.21. The summed E-state index contributed by atoms with van der Waals surface area (Å²) in [5.74, 6) is -0.151. The van der Waals surface area contributed by atoms with Crippen molar-refractivity contribution in [3.05, 3.63) is 23.3 Å². The Balaban J connectivity index is 0.000000980. The molecule has 0 bridgehead atoms. The van der Waals surface area contributed by atoms with Gasteiger partial charge in [0, 0.05) is 18.8 Å². The maximum atomic E-state index is 11.2. The summed E-state index contributed by atoms with van der Waals surface area (Å²) in [6, 6.07) is 1.70. The van der Waals surface area contributed by atoms with Gasteiger partial charge in [-0.3, -0.25) is 16.1 Å². The normalized spacial score (nSPS) is 9.50. The van der Waals surface area contributed by atoms with Crippen LogP contribution in [0.5, 0.6) is 0 Å². The summed E-state index contributed by atoms with van der Waals surface area (Å²) in [4.78, 5) is 20.0. The topological polar surface area (TPSA) is 54.9 Å². The van der Waals surface area contributed by atoms with Gasteiger partial charge in [0.15, 0.2) is 0 Å². The summed E-state index contributed by atoms with van der Waals surface area (Å²) in [6.07, 6.45) is 1.53. The Morgan fingerprint density at radius 3 is 3.14 bits per heavy atom. The monoisotopic (exact) mass is 231 g/mol. The minimum atomic E-state index is -0.151. The van der Waals surface area contributed by atoms with Crippen molar-refractivity contribution in [1.29, 1.82) is 0 Å². The van der Waals surface area contributed by atoms with Crippen LogP contribution in [-0.2, 0) is 0 Å². The molecular formula is C8H6KN3OS. The van der Waals surface area contributed by atoms with Crippen molar-refractivity contribution in [1.82, 2.24) is 15.3 Å². The van der Waals surface area contributed by atoms with Crippen molar-refractivity contribution >= 4 is 27.6 Å². The molecule has 14 heavy (non-hydrogen) atoms. The minimum absolute atomic E-state index is 0. The van der Waals surface area contributed by atoms with Crippen LogP contribution in [-0.4, -0.2) is 22.9 Å². The summed E-state index contributed by atoms with van der Waals surface area (Å²) >= 11 is 1.34. The average molecular weight is 231 g/mol. The summed E-state index contributed by atoms with van der Waals surface area (Å²) < 4.78 is 0. The number of fused-ring (bicyclic) bond motifs is 1. The van der Waals surface area contributed by atoms with Crippen molar-refractivity contribution in [2.75, 3.05) is 7.05 Å². The van der Waals surface area contributed by atoms with E-state index in [0.717, 1.165) is 4.83 Å². The van der Waals surface area contributed by atoms with Crippen LogP contribution in [0.15, 0.2) is 12.3 Å². The predicted octanol–water partition coefficient (Wildman–Crippen LogP) is -2.14. The first kappa shape index (κ1) is 12.2. The predicted molar refractivity (Wildman–Crippen MR) is 49.6 cm³/mol. The number of rotatable bonds is 1. The van der Waals surface area contributed by atoms with Crippen molar-refractivity contribution < 1.29 is 56.2 Å². The number of pyridine rings is 1. The van der Waals surface area contributed by atoms with Gasteiger partial charge in [-0.2, -0.15) is 0 Å². The molecule has 6 heteroatoms. The second kappa shape index (κ2) is 5.29. The summed E-state index contributed by atoms with van der Waals surface area (Å²) in [7, 11) is 1.58. The average Bonchev–Trinajstić information content (AvgIpc) is 2.63. The molecule has 0 saturated carbocycles. The van der Waals surface area contributed by atoms with E-state index < -0.39 is 0 Å². The Labute approximate surface area is 128 Å². The standard InChI is InChI=1S/C8H6N3OS.K/c1-9-7(12)5-2-6-8(10-3-5)13-4-11-6;/h2-3H,1H3,(H,9,12);/q-1;+1. The number of thiazole rings is 1. The molecule has 4 nitrogen and oxygen atoms in total. The third-order valence-corrected chi connectivity index (χ3v) is 2.32. The van der Waals surface area contributed by atoms with E-state index in [9.17, 15) is 4.79 Å². The number of nitrogens with one attached hydrogen (secondary N) is 1. The van der Waals surface area contributed by atoms with Gasteiger partial charge in [-0.15, -0.1) is 0 Å². The van der Waals surface area contributed by atoms with Crippen molar-refractivity contribution in [2.24, 2.45) is 0 Å². The molecule has 0 radical (unpaired) electrons. The van der Waals surface area contributed by atoms with Gasteiger partial charge >= 0.3 is 51.4 Å². The molecular weight excluding hydrogens is 225 g/mol. The Kier molecular flexibility index (Phi) is 4.62. The minimum Gasteiger partial charge on any atom is -0.385 e. The van der Waals surface area contributed by atoms with E-state index >= 15 is 0 Å². The number of hydrogen-bond acceptors (Lipinski definition) is 4. The molecule has 0 unspecified atom stereocenters. The molecule has 0 spiro atoms. The maximum Gasteiger partial charge on any atom is 1.00 e. The van der Waals surface area contributed by atoms with Gasteiger partial charge in [-0.25, -0.2) is 0 Å². The molecule has 2 heterocycles. The Morgan fingerprint density at radius 2 is 2.43 bits per heavy atom. The quantitative estimate of drug-likeness (QED) is 0.450. The largest absolute Gasteiger partial charge is 1.00 e. The molecule has 0 fully saturated rings. The van der Waals surface area contributed by atoms with E-state index in [2.05, 4.69) is 20.8 Å². The van der Waals surface area contributed by atoms with Crippen LogP contribution >= 0.6 is 11.3 Å². The van der Waals surface area contributed by atoms with E-state index in [0.29, 0.717) is 11.1 Å². The van der Waals surface area contributed by atoms with Crippen molar-refractivity contribution in [3.63, 3.8) is 0 Å². The first-order valence-electron chi connectivity index (χ1n) is 3.66. The molecule has 2 aromatic rings. The van der Waals surface area contributed by atoms with Crippen LogP contribution < -0.4 is 56.7 Å². The molecule has 0 aromatic carbocycles. The summed E-state index contributed by atoms with van der Waals surface area (Å²) in [5.41, 5.74) is 3.96. The van der Waals surface area contributed by atoms with Gasteiger partial charge in [-0.05, 0) is 10.3 Å². The van der Waals surface area contributed by atoms with Crippen LogP contribution in [0, 0.1) is 5.51 Å². The fourth-order valence-electron chi connectivity index (χ4n) is 0.983. The van der Waals surface area contributed by atoms with Gasteiger partial charge < -0.3 is 15.3 Å². The number of aromatic nitrogens is 2. The third-order valence-electron chi connectivity index (χ3n) is 1.63. The van der Waals surface area contributed by atoms with Crippen LogP contribution in [0.2, 0.25) is 0 Å². The number of carbonyl (C=O) groups is 1. The van der Waals surface area contributed by atoms with Gasteiger partial charge in [0.1, 0.15) is 0 Å². The molecule has 0 saturated heterocycles. The molecule has 0 aliphatic carbocycles. The van der Waals surface area contributed by atoms with Crippen molar-refractivity contribution in [2.45, 2.75) is 0 Å². The number of nitrogens with zero attached hydrogens (tertiary/aromatic N) is 2. The van der Waals surface area contributed by atoms with E-state index in [1.54, 1.807) is 13.1 Å². The fourth-order valence-corrected chi connectivity index (χ4v) is 1.53. The van der Waals surface area contributed by atoms with Crippen LogP contribution in [0.3, 0.4) is 0 Å². The number of hydrogen-bond donors (Lipinski definition) is 1. The van der Waals surface area contributed by atoms with Crippen LogP contribution in [0.4, 0.5) is 0 Å². The number of carbonyl (C=O) groups excluding carboxylic acids is 1. The smallest absolute Gasteiger partial charge is 0.385 e. The molecule has 2 rings (SSSR count). The Morgan fingerprint density at radius 1 is 1.64 bits per heavy atom. The van der Waals surface area contributed by atoms with E-state index in [1.807, 2.05) is 0 Å². The molecule has 1 amide bonds. The zero-order valence-electron chi connectivity index (χ0n) is 7.87. The summed E-state index contributed by atoms with van der Waals surface area (Å²) in [6.45, 7) is 0. The van der Waals surface area contributed by atoms with E-state index in [-0.39, 0.29) is 57.3 Å². The van der Waals surface area contributed by atoms with Gasteiger partial charge in [0.2, 0.25) is 0 Å². The molecule has 0 aliphatic rings. The van der Waals surface area contributed by atoms with Gasteiger partial charge in [0.25, 0.3) is 5.91 Å². The second-order valence-electron chi connectivity index (χ2n) is 2.43. The van der Waals surface area contributed by atoms with Gasteiger partial charge in [-0.1, -0.05) is 11.6 Å². The molecule has 0 aliphatic heterocycles.